The normalized spacial score (nSPS) is 9.25. The van der Waals surface area contributed by atoms with Crippen molar-refractivity contribution in [2.24, 2.45) is 0 Å². The van der Waals surface area contributed by atoms with Crippen LogP contribution in [0.25, 0.3) is 0 Å². The van der Waals surface area contributed by atoms with Gasteiger partial charge in [0, 0.05) is 22.2 Å². The molecule has 1 nitrogen and oxygen atoms in total. The van der Waals surface area contributed by atoms with Crippen molar-refractivity contribution in [1.82, 2.24) is 4.98 Å². The van der Waals surface area contributed by atoms with Crippen LogP contribution in [0.5, 0.6) is 0 Å². The molecular formula is C5H5NS2. The number of aromatic nitrogens is 1. The molecule has 1 aromatic rings. The van der Waals surface area contributed by atoms with Gasteiger partial charge in [0.25, 0.3) is 0 Å². The maximum absolute atomic E-state index is 4.04. The molecule has 0 aromatic carbocycles. The lowest BCUT2D eigenvalue weighted by Crippen LogP contribution is -1.70. The highest BCUT2D eigenvalue weighted by Crippen LogP contribution is 2.08. The number of pyridine rings is 1. The molecule has 0 radical (unpaired) electrons. The summed E-state index contributed by atoms with van der Waals surface area (Å²) in [4.78, 5) is 5.52. The highest BCUT2D eigenvalue weighted by Gasteiger charge is 1.83. The van der Waals surface area contributed by atoms with Gasteiger partial charge in [0.1, 0.15) is 0 Å². The molecular weight excluding hydrogens is 138 g/mol. The van der Waals surface area contributed by atoms with Crippen LogP contribution in [0.2, 0.25) is 0 Å². The van der Waals surface area contributed by atoms with Crippen LogP contribution >= 0.6 is 25.3 Å². The van der Waals surface area contributed by atoms with E-state index in [0.29, 0.717) is 0 Å². The van der Waals surface area contributed by atoms with Gasteiger partial charge in [-0.3, -0.25) is 4.98 Å². The van der Waals surface area contributed by atoms with Gasteiger partial charge in [0.05, 0.1) is 0 Å². The predicted octanol–water partition coefficient (Wildman–Crippen LogP) is 1.66. The van der Waals surface area contributed by atoms with Crippen molar-refractivity contribution in [3.8, 4) is 0 Å². The van der Waals surface area contributed by atoms with Crippen LogP contribution in [0.4, 0.5) is 0 Å². The maximum atomic E-state index is 4.04. The van der Waals surface area contributed by atoms with E-state index in [0.717, 1.165) is 9.79 Å². The van der Waals surface area contributed by atoms with Gasteiger partial charge in [-0.2, -0.15) is 0 Å². The van der Waals surface area contributed by atoms with Crippen LogP contribution < -0.4 is 0 Å². The van der Waals surface area contributed by atoms with Crippen LogP contribution in [0.15, 0.2) is 28.3 Å². The van der Waals surface area contributed by atoms with Gasteiger partial charge >= 0.3 is 0 Å². The minimum absolute atomic E-state index is 0.845. The van der Waals surface area contributed by atoms with Gasteiger partial charge in [0.2, 0.25) is 0 Å². The molecule has 0 aliphatic heterocycles. The van der Waals surface area contributed by atoms with Crippen molar-refractivity contribution in [3.63, 3.8) is 0 Å². The summed E-state index contributed by atoms with van der Waals surface area (Å²) in [6.07, 6.45) is 3.34. The van der Waals surface area contributed by atoms with Crippen molar-refractivity contribution in [2.75, 3.05) is 0 Å². The average molecular weight is 143 g/mol. The first kappa shape index (κ1) is 5.98. The molecule has 1 aromatic heterocycles. The molecule has 0 unspecified atom stereocenters. The molecule has 0 bridgehead atoms. The highest BCUT2D eigenvalue weighted by molar-refractivity contribution is 7.81. The van der Waals surface area contributed by atoms with Crippen LogP contribution in [-0.4, -0.2) is 4.98 Å². The molecule has 8 heavy (non-hydrogen) atoms. The lowest BCUT2D eigenvalue weighted by Gasteiger charge is -1.88. The summed E-state index contributed by atoms with van der Waals surface area (Å²) in [5, 5.41) is 0. The van der Waals surface area contributed by atoms with Gasteiger partial charge in [-0.1, -0.05) is 0 Å². The van der Waals surface area contributed by atoms with E-state index in [1.807, 2.05) is 6.07 Å². The fourth-order valence-corrected chi connectivity index (χ4v) is 0.929. The first-order valence-corrected chi connectivity index (χ1v) is 3.01. The standard InChI is InChI=1S/C5H5NS2/c7-4-1-5(8)3-6-2-4/h1-3,7-8H. The average Bonchev–Trinajstić information content (AvgIpc) is 1.64. The SMILES string of the molecule is Sc1cncc(S)c1. The molecule has 1 rings (SSSR count). The summed E-state index contributed by atoms with van der Waals surface area (Å²) in [6.45, 7) is 0. The van der Waals surface area contributed by atoms with E-state index in [4.69, 9.17) is 0 Å². The summed E-state index contributed by atoms with van der Waals surface area (Å²) in [5.41, 5.74) is 0. The van der Waals surface area contributed by atoms with E-state index < -0.39 is 0 Å². The number of hydrogen-bond acceptors (Lipinski definition) is 3. The summed E-state index contributed by atoms with van der Waals surface area (Å²) in [5.74, 6) is 0. The highest BCUT2D eigenvalue weighted by atomic mass is 32.1. The van der Waals surface area contributed by atoms with E-state index in [2.05, 4.69) is 30.2 Å². The third kappa shape index (κ3) is 1.42. The Kier molecular flexibility index (Phi) is 1.81. The van der Waals surface area contributed by atoms with Gasteiger partial charge in [-0.15, -0.1) is 25.3 Å². The third-order valence-corrected chi connectivity index (χ3v) is 1.20. The molecule has 0 aliphatic carbocycles. The lowest BCUT2D eigenvalue weighted by molar-refractivity contribution is 1.17. The zero-order chi connectivity index (χ0) is 5.98. The second-order valence-electron chi connectivity index (χ2n) is 1.40. The fraction of sp³-hybridized carbons (Fsp3) is 0. The second-order valence-corrected chi connectivity index (χ2v) is 2.43. The third-order valence-electron chi connectivity index (χ3n) is 0.709. The minimum Gasteiger partial charge on any atom is -0.262 e. The molecule has 1 heterocycles. The summed E-state index contributed by atoms with van der Waals surface area (Å²) < 4.78 is 0. The van der Waals surface area contributed by atoms with E-state index in [1.165, 1.54) is 0 Å². The summed E-state index contributed by atoms with van der Waals surface area (Å²) >= 11 is 8.09. The van der Waals surface area contributed by atoms with E-state index in [1.54, 1.807) is 12.4 Å². The Morgan fingerprint density at radius 3 is 1.88 bits per heavy atom. The molecule has 42 valence electrons. The molecule has 0 aliphatic rings. The Labute approximate surface area is 59.0 Å². The Morgan fingerprint density at radius 1 is 1.12 bits per heavy atom. The number of nitrogens with zero attached hydrogens (tertiary/aromatic N) is 1. The van der Waals surface area contributed by atoms with Crippen molar-refractivity contribution in [1.29, 1.82) is 0 Å². The lowest BCUT2D eigenvalue weighted by atomic mass is 10.5. The van der Waals surface area contributed by atoms with Crippen LogP contribution in [0.1, 0.15) is 0 Å². The largest absolute Gasteiger partial charge is 0.262 e. The first-order chi connectivity index (χ1) is 3.79. The van der Waals surface area contributed by atoms with Crippen LogP contribution in [-0.2, 0) is 0 Å². The quantitative estimate of drug-likeness (QED) is 0.527. The van der Waals surface area contributed by atoms with Crippen molar-refractivity contribution in [2.45, 2.75) is 9.79 Å². The molecule has 0 amide bonds. The summed E-state index contributed by atoms with van der Waals surface area (Å²) in [7, 11) is 0. The number of hydrogen-bond donors (Lipinski definition) is 2. The fourth-order valence-electron chi connectivity index (χ4n) is 0.416. The van der Waals surface area contributed by atoms with Crippen molar-refractivity contribution >= 4 is 25.3 Å². The van der Waals surface area contributed by atoms with Gasteiger partial charge in [-0.25, -0.2) is 0 Å². The molecule has 0 saturated heterocycles. The molecule has 3 heteroatoms. The molecule has 0 atom stereocenters. The second kappa shape index (κ2) is 2.42. The first-order valence-electron chi connectivity index (χ1n) is 2.12. The van der Waals surface area contributed by atoms with Crippen LogP contribution in [0.3, 0.4) is 0 Å². The minimum atomic E-state index is 0.845. The monoisotopic (exact) mass is 143 g/mol. The summed E-state index contributed by atoms with van der Waals surface area (Å²) in [6, 6.07) is 1.83. The van der Waals surface area contributed by atoms with Gasteiger partial charge in [-0.05, 0) is 6.07 Å². The van der Waals surface area contributed by atoms with E-state index in [-0.39, 0.29) is 0 Å². The van der Waals surface area contributed by atoms with Gasteiger partial charge in [0.15, 0.2) is 0 Å². The van der Waals surface area contributed by atoms with Crippen LogP contribution in [0, 0.1) is 0 Å². The molecule has 0 fully saturated rings. The number of thiol groups is 2. The Balaban J connectivity index is 3.08. The Hall–Kier alpha value is -0.150. The Bertz CT molecular complexity index is 170. The van der Waals surface area contributed by atoms with E-state index >= 15 is 0 Å². The topological polar surface area (TPSA) is 12.9 Å². The van der Waals surface area contributed by atoms with E-state index in [9.17, 15) is 0 Å². The Morgan fingerprint density at radius 2 is 1.62 bits per heavy atom. The zero-order valence-corrected chi connectivity index (χ0v) is 5.86. The predicted molar refractivity (Wildman–Crippen MR) is 38.7 cm³/mol. The molecule has 0 saturated carbocycles. The zero-order valence-electron chi connectivity index (χ0n) is 4.07. The number of rotatable bonds is 0. The van der Waals surface area contributed by atoms with Gasteiger partial charge < -0.3 is 0 Å². The molecule has 0 spiro atoms. The van der Waals surface area contributed by atoms with Crippen molar-refractivity contribution in [3.05, 3.63) is 18.5 Å². The maximum Gasteiger partial charge on any atom is 0.0402 e. The smallest absolute Gasteiger partial charge is 0.0402 e. The van der Waals surface area contributed by atoms with Crippen molar-refractivity contribution < 1.29 is 0 Å². The molecule has 0 N–H and O–H groups in total.